The van der Waals surface area contributed by atoms with Crippen LogP contribution in [-0.2, 0) is 24.4 Å². The molecule has 10 nitrogen and oxygen atoms in total. The zero-order valence-corrected chi connectivity index (χ0v) is 20.8. The molecule has 4 heterocycles. The van der Waals surface area contributed by atoms with Crippen LogP contribution >= 0.6 is 11.3 Å². The van der Waals surface area contributed by atoms with E-state index < -0.39 is 36.4 Å². The van der Waals surface area contributed by atoms with Gasteiger partial charge in [-0.25, -0.2) is 9.78 Å². The summed E-state index contributed by atoms with van der Waals surface area (Å²) in [5.41, 5.74) is -1.20. The lowest BCUT2D eigenvalue weighted by molar-refractivity contribution is -0.138. The Bertz CT molecular complexity index is 1420. The number of piperidine rings is 1. The maximum atomic E-state index is 13.4. The molecular formula is C23H26F3N5O5S. The van der Waals surface area contributed by atoms with Gasteiger partial charge >= 0.3 is 17.8 Å². The number of hydrogen-bond donors (Lipinski definition) is 1. The van der Waals surface area contributed by atoms with Gasteiger partial charge in [-0.15, -0.1) is 11.3 Å². The van der Waals surface area contributed by atoms with E-state index in [0.29, 0.717) is 31.5 Å². The molecule has 4 rings (SSSR count). The number of aryl methyl sites for hydroxylation is 3. The summed E-state index contributed by atoms with van der Waals surface area (Å²) in [6.45, 7) is 1.68. The maximum absolute atomic E-state index is 13.4. The van der Waals surface area contributed by atoms with Gasteiger partial charge in [-0.3, -0.25) is 23.5 Å². The molecule has 3 aromatic heterocycles. The molecule has 1 aliphatic heterocycles. The summed E-state index contributed by atoms with van der Waals surface area (Å²) in [7, 11) is 0. The fourth-order valence-electron chi connectivity index (χ4n) is 4.60. The molecule has 0 atom stereocenters. The normalized spacial score (nSPS) is 15.0. The van der Waals surface area contributed by atoms with E-state index >= 15 is 0 Å². The highest BCUT2D eigenvalue weighted by molar-refractivity contribution is 7.20. The molecule has 3 aromatic rings. The molecule has 0 bridgehead atoms. The summed E-state index contributed by atoms with van der Waals surface area (Å²) in [5, 5.41) is 9.06. The highest BCUT2D eigenvalue weighted by Gasteiger charge is 2.31. The fraction of sp³-hybridized carbons (Fsp3) is 0.522. The molecule has 1 N–H and O–H groups in total. The van der Waals surface area contributed by atoms with Gasteiger partial charge in [0.15, 0.2) is 0 Å². The van der Waals surface area contributed by atoms with Gasteiger partial charge in [-0.2, -0.15) is 13.2 Å². The SMILES string of the molecule is Cc1c(C(=O)N2CCC(CC(=O)O)CC2)sc2c1c(=O)n(CCn1ccnc1)c(=O)n2CCC(F)(F)F. The molecule has 1 amide bonds. The number of imidazole rings is 1. The van der Waals surface area contributed by atoms with Gasteiger partial charge in [0, 0.05) is 51.5 Å². The van der Waals surface area contributed by atoms with Crippen LogP contribution in [0.5, 0.6) is 0 Å². The number of hydrogen-bond acceptors (Lipinski definition) is 6. The molecule has 0 radical (unpaired) electrons. The van der Waals surface area contributed by atoms with Crippen LogP contribution in [0.3, 0.4) is 0 Å². The summed E-state index contributed by atoms with van der Waals surface area (Å²) in [6.07, 6.45) is -0.0739. The number of likely N-dealkylation sites (tertiary alicyclic amines) is 1. The highest BCUT2D eigenvalue weighted by atomic mass is 32.1. The van der Waals surface area contributed by atoms with E-state index in [1.54, 1.807) is 22.6 Å². The summed E-state index contributed by atoms with van der Waals surface area (Å²) < 4.78 is 42.7. The monoisotopic (exact) mass is 541 g/mol. The summed E-state index contributed by atoms with van der Waals surface area (Å²) >= 11 is 0.849. The summed E-state index contributed by atoms with van der Waals surface area (Å²) in [4.78, 5) is 56.6. The second kappa shape index (κ2) is 10.5. The highest BCUT2D eigenvalue weighted by Crippen LogP contribution is 2.31. The first-order valence-corrected chi connectivity index (χ1v) is 12.6. The van der Waals surface area contributed by atoms with Crippen LogP contribution in [0.1, 0.15) is 40.9 Å². The lowest BCUT2D eigenvalue weighted by Gasteiger charge is -2.31. The molecule has 0 aliphatic carbocycles. The van der Waals surface area contributed by atoms with Crippen molar-refractivity contribution in [1.29, 1.82) is 0 Å². The number of carboxylic acid groups (broad SMARTS) is 1. The first kappa shape index (κ1) is 26.6. The average Bonchev–Trinajstić information content (AvgIpc) is 3.46. The Labute approximate surface area is 212 Å². The van der Waals surface area contributed by atoms with Crippen LogP contribution in [0, 0.1) is 12.8 Å². The quantitative estimate of drug-likeness (QED) is 0.469. The van der Waals surface area contributed by atoms with Gasteiger partial charge in [0.05, 0.1) is 23.0 Å². The van der Waals surface area contributed by atoms with E-state index in [1.165, 1.54) is 12.5 Å². The van der Waals surface area contributed by atoms with Gasteiger partial charge in [-0.1, -0.05) is 0 Å². The number of thiophene rings is 1. The Morgan fingerprint density at radius 3 is 2.43 bits per heavy atom. The standard InChI is InChI=1S/C23H26F3N5O5S/c1-14-17-19(34)30(11-10-28-9-5-27-13-28)22(36)31(8-4-23(24,25)26)21(17)37-18(14)20(35)29-6-2-15(3-7-29)12-16(32)33/h5,9,13,15H,2-4,6-8,10-12H2,1H3,(H,32,33). The number of aliphatic carboxylic acids is 1. The predicted molar refractivity (Wildman–Crippen MR) is 129 cm³/mol. The van der Waals surface area contributed by atoms with Gasteiger partial charge in [0.2, 0.25) is 0 Å². The molecular weight excluding hydrogens is 515 g/mol. The van der Waals surface area contributed by atoms with Crippen molar-refractivity contribution in [3.8, 4) is 0 Å². The van der Waals surface area contributed by atoms with Crippen LogP contribution in [0.4, 0.5) is 13.2 Å². The van der Waals surface area contributed by atoms with Crippen LogP contribution in [0.25, 0.3) is 10.2 Å². The third-order valence-electron chi connectivity index (χ3n) is 6.61. The van der Waals surface area contributed by atoms with E-state index in [9.17, 15) is 32.3 Å². The van der Waals surface area contributed by atoms with Crippen molar-refractivity contribution >= 4 is 33.4 Å². The molecule has 200 valence electrons. The lowest BCUT2D eigenvalue weighted by atomic mass is 9.93. The van der Waals surface area contributed by atoms with Crippen LogP contribution in [0.2, 0.25) is 0 Å². The third kappa shape index (κ3) is 5.78. The minimum Gasteiger partial charge on any atom is -0.481 e. The number of fused-ring (bicyclic) bond motifs is 1. The average molecular weight is 542 g/mol. The zero-order chi connectivity index (χ0) is 26.9. The number of halogens is 3. The molecule has 14 heteroatoms. The van der Waals surface area contributed by atoms with Crippen molar-refractivity contribution in [2.75, 3.05) is 13.1 Å². The minimum atomic E-state index is -4.52. The lowest BCUT2D eigenvalue weighted by Crippen LogP contribution is -2.41. The Hall–Kier alpha value is -3.42. The van der Waals surface area contributed by atoms with Crippen molar-refractivity contribution in [2.24, 2.45) is 5.92 Å². The Balaban J connectivity index is 1.72. The number of amides is 1. The van der Waals surface area contributed by atoms with Crippen LogP contribution in [-0.4, -0.2) is 59.8 Å². The van der Waals surface area contributed by atoms with Crippen molar-refractivity contribution in [3.63, 3.8) is 0 Å². The molecule has 1 fully saturated rings. The first-order valence-electron chi connectivity index (χ1n) is 11.8. The molecule has 0 unspecified atom stereocenters. The Morgan fingerprint density at radius 2 is 1.84 bits per heavy atom. The molecule has 0 aromatic carbocycles. The van der Waals surface area contributed by atoms with Crippen LogP contribution < -0.4 is 11.2 Å². The molecule has 1 aliphatic rings. The number of carbonyl (C=O) groups is 2. The summed E-state index contributed by atoms with van der Waals surface area (Å²) in [6, 6.07) is 0. The van der Waals surface area contributed by atoms with Crippen molar-refractivity contribution in [3.05, 3.63) is 50.0 Å². The number of alkyl halides is 3. The van der Waals surface area contributed by atoms with Gasteiger partial charge in [-0.05, 0) is 31.2 Å². The van der Waals surface area contributed by atoms with Crippen LogP contribution in [0.15, 0.2) is 28.3 Å². The van der Waals surface area contributed by atoms with Gasteiger partial charge in [0.1, 0.15) is 4.83 Å². The fourth-order valence-corrected chi connectivity index (χ4v) is 5.88. The smallest absolute Gasteiger partial charge is 0.390 e. The van der Waals surface area contributed by atoms with E-state index in [2.05, 4.69) is 4.98 Å². The van der Waals surface area contributed by atoms with Crippen molar-refractivity contribution in [1.82, 2.24) is 23.6 Å². The number of carbonyl (C=O) groups excluding carboxylic acids is 1. The number of rotatable bonds is 8. The number of aromatic nitrogens is 4. The van der Waals surface area contributed by atoms with Crippen molar-refractivity contribution in [2.45, 2.75) is 58.4 Å². The van der Waals surface area contributed by atoms with E-state index in [-0.39, 0.29) is 46.4 Å². The molecule has 0 saturated carbocycles. The minimum absolute atomic E-state index is 0.0219. The molecule has 0 spiro atoms. The molecule has 37 heavy (non-hydrogen) atoms. The Morgan fingerprint density at radius 1 is 1.14 bits per heavy atom. The van der Waals surface area contributed by atoms with E-state index in [1.807, 2.05) is 0 Å². The predicted octanol–water partition coefficient (Wildman–Crippen LogP) is 2.71. The van der Waals surface area contributed by atoms with E-state index in [0.717, 1.165) is 20.5 Å². The topological polar surface area (TPSA) is 119 Å². The third-order valence-corrected chi connectivity index (χ3v) is 7.92. The van der Waals surface area contributed by atoms with E-state index in [4.69, 9.17) is 5.11 Å². The first-order chi connectivity index (χ1) is 17.5. The second-order valence-electron chi connectivity index (χ2n) is 9.13. The number of carboxylic acids is 1. The zero-order valence-electron chi connectivity index (χ0n) is 20.0. The number of nitrogens with zero attached hydrogens (tertiary/aromatic N) is 5. The summed E-state index contributed by atoms with van der Waals surface area (Å²) in [5.74, 6) is -1.32. The van der Waals surface area contributed by atoms with Crippen molar-refractivity contribution < 1.29 is 27.9 Å². The second-order valence-corrected chi connectivity index (χ2v) is 10.1. The molecule has 1 saturated heterocycles. The van der Waals surface area contributed by atoms with Gasteiger partial charge < -0.3 is 14.6 Å². The van der Waals surface area contributed by atoms with Gasteiger partial charge in [0.25, 0.3) is 11.5 Å². The largest absolute Gasteiger partial charge is 0.481 e. The Kier molecular flexibility index (Phi) is 7.57. The maximum Gasteiger partial charge on any atom is 0.390 e.